The molecule has 1 saturated carbocycles. The molecule has 29 heavy (non-hydrogen) atoms. The molecule has 1 saturated heterocycles. The highest BCUT2D eigenvalue weighted by molar-refractivity contribution is 7.85. The lowest BCUT2D eigenvalue weighted by molar-refractivity contribution is -0.355. The van der Waals surface area contributed by atoms with Crippen LogP contribution in [-0.4, -0.2) is 45.3 Å². The normalized spacial score (nSPS) is 23.1. The Hall–Kier alpha value is -1.70. The van der Waals surface area contributed by atoms with Gasteiger partial charge in [-0.2, -0.15) is 0 Å². The zero-order valence-electron chi connectivity index (χ0n) is 16.3. The molecule has 0 radical (unpaired) electrons. The second-order valence-corrected chi connectivity index (χ2v) is 10.3. The summed E-state index contributed by atoms with van der Waals surface area (Å²) in [7, 11) is -1.03. The smallest absolute Gasteiger partial charge is 0.347 e. The molecule has 3 aliphatic rings. The molecule has 0 spiro atoms. The zero-order chi connectivity index (χ0) is 20.0. The number of aryl methyl sites for hydroxylation is 1. The molecule has 6 nitrogen and oxygen atoms in total. The largest absolute Gasteiger partial charge is 0.393 e. The number of hydrogen-bond donors (Lipinski definition) is 2. The summed E-state index contributed by atoms with van der Waals surface area (Å²) in [5.41, 5.74) is 2.00. The van der Waals surface area contributed by atoms with Crippen LogP contribution in [0.4, 0.5) is 11.8 Å². The van der Waals surface area contributed by atoms with Crippen LogP contribution in [0.25, 0.3) is 0 Å². The standard InChI is InChI=1S/C21H25ClN4O2S/c22-16-3-1-14(2-4-16)15-5-10-26(11-6-15)20-23-17-7-12-29(28)18(17)19(24-20)25-21(13-27)8-9-21/h1-4,15,27H,5-13H2,(H,23,24,25)/p+1. The van der Waals surface area contributed by atoms with E-state index >= 15 is 0 Å². The average Bonchev–Trinajstić information content (AvgIpc) is 3.42. The number of benzene rings is 1. The van der Waals surface area contributed by atoms with Crippen molar-refractivity contribution in [3.05, 3.63) is 40.5 Å². The molecule has 1 aliphatic carbocycles. The highest BCUT2D eigenvalue weighted by Crippen LogP contribution is 2.40. The Bertz CT molecular complexity index is 940. The van der Waals surface area contributed by atoms with E-state index in [1.807, 2.05) is 12.1 Å². The number of aliphatic hydroxyl groups is 1. The van der Waals surface area contributed by atoms with Gasteiger partial charge in [-0.15, -0.1) is 4.98 Å². The summed E-state index contributed by atoms with van der Waals surface area (Å²) in [5.74, 6) is 2.78. The summed E-state index contributed by atoms with van der Waals surface area (Å²) >= 11 is 6.02. The highest BCUT2D eigenvalue weighted by atomic mass is 35.5. The fraction of sp³-hybridized carbons (Fsp3) is 0.524. The monoisotopic (exact) mass is 433 g/mol. The zero-order valence-corrected chi connectivity index (χ0v) is 17.9. The minimum absolute atomic E-state index is 0.0897. The number of aromatic amines is 1. The number of hydrogen-bond acceptors (Lipinski definition) is 5. The van der Waals surface area contributed by atoms with Gasteiger partial charge in [0.2, 0.25) is 5.82 Å². The maximum atomic E-state index is 12.5. The minimum Gasteiger partial charge on any atom is -0.393 e. The first kappa shape index (κ1) is 19.3. The summed E-state index contributed by atoms with van der Waals surface area (Å²) in [5, 5.41) is 13.9. The van der Waals surface area contributed by atoms with E-state index in [0.29, 0.717) is 11.7 Å². The van der Waals surface area contributed by atoms with Crippen LogP contribution in [0.2, 0.25) is 5.02 Å². The maximum Gasteiger partial charge on any atom is 0.347 e. The summed E-state index contributed by atoms with van der Waals surface area (Å²) in [6.45, 7) is 1.93. The molecular formula is C21H26ClN4O2S+. The van der Waals surface area contributed by atoms with Gasteiger partial charge in [-0.3, -0.25) is 9.11 Å². The van der Waals surface area contributed by atoms with Crippen LogP contribution in [0.15, 0.2) is 29.2 Å². The van der Waals surface area contributed by atoms with Crippen molar-refractivity contribution in [3.8, 4) is 0 Å². The molecule has 5 rings (SSSR count). The molecule has 154 valence electrons. The first-order valence-electron chi connectivity index (χ1n) is 10.3. The Kier molecular flexibility index (Phi) is 5.00. The predicted molar refractivity (Wildman–Crippen MR) is 114 cm³/mol. The lowest BCUT2D eigenvalue weighted by Gasteiger charge is -2.29. The molecule has 1 atom stereocenters. The molecule has 2 aromatic rings. The lowest BCUT2D eigenvalue weighted by atomic mass is 9.89. The number of fused-ring (bicyclic) bond motifs is 1. The van der Waals surface area contributed by atoms with Crippen molar-refractivity contribution in [1.29, 1.82) is 0 Å². The molecule has 8 heteroatoms. The van der Waals surface area contributed by atoms with Crippen LogP contribution in [0.5, 0.6) is 0 Å². The summed E-state index contributed by atoms with van der Waals surface area (Å²) in [6.07, 6.45) is 4.73. The molecule has 0 bridgehead atoms. The molecule has 1 unspecified atom stereocenters. The number of nitrogens with one attached hydrogen (secondary N) is 2. The fourth-order valence-corrected chi connectivity index (χ4v) is 5.81. The van der Waals surface area contributed by atoms with Gasteiger partial charge in [0.1, 0.15) is 10.6 Å². The van der Waals surface area contributed by atoms with Crippen molar-refractivity contribution in [1.82, 2.24) is 4.98 Å². The minimum atomic E-state index is -1.03. The molecular weight excluding hydrogens is 408 g/mol. The number of rotatable bonds is 5. The first-order chi connectivity index (χ1) is 14.1. The third-order valence-electron chi connectivity index (χ3n) is 6.40. The van der Waals surface area contributed by atoms with Crippen molar-refractivity contribution in [2.24, 2.45) is 0 Å². The third-order valence-corrected chi connectivity index (χ3v) is 8.12. The van der Waals surface area contributed by atoms with Gasteiger partial charge in [-0.05, 0) is 49.3 Å². The molecule has 1 aromatic carbocycles. The van der Waals surface area contributed by atoms with Gasteiger partial charge in [-0.25, -0.2) is 4.98 Å². The quantitative estimate of drug-likeness (QED) is 0.757. The number of aromatic nitrogens is 2. The Morgan fingerprint density at radius 2 is 2.00 bits per heavy atom. The average molecular weight is 434 g/mol. The van der Waals surface area contributed by atoms with E-state index in [-0.39, 0.29) is 12.1 Å². The van der Waals surface area contributed by atoms with Crippen molar-refractivity contribution in [3.63, 3.8) is 0 Å². The number of piperidine rings is 1. The van der Waals surface area contributed by atoms with Crippen LogP contribution in [0, 0.1) is 0 Å². The number of anilines is 2. The van der Waals surface area contributed by atoms with Crippen LogP contribution >= 0.6 is 11.6 Å². The summed E-state index contributed by atoms with van der Waals surface area (Å²) in [4.78, 5) is 11.3. The number of nitrogens with zero attached hydrogens (tertiary/aromatic N) is 2. The van der Waals surface area contributed by atoms with E-state index in [2.05, 4.69) is 27.3 Å². The van der Waals surface area contributed by atoms with Crippen molar-refractivity contribution < 1.29 is 14.3 Å². The van der Waals surface area contributed by atoms with E-state index in [1.54, 1.807) is 0 Å². The Morgan fingerprint density at radius 1 is 1.28 bits per heavy atom. The number of H-pyrrole nitrogens is 1. The van der Waals surface area contributed by atoms with Gasteiger partial charge < -0.3 is 10.4 Å². The lowest BCUT2D eigenvalue weighted by Crippen LogP contribution is -2.39. The predicted octanol–water partition coefficient (Wildman–Crippen LogP) is 2.53. The number of aliphatic hydroxyl groups excluding tert-OH is 1. The second-order valence-electron chi connectivity index (χ2n) is 8.39. The Balaban J connectivity index is 1.36. The van der Waals surface area contributed by atoms with Gasteiger partial charge in [-0.1, -0.05) is 23.7 Å². The van der Waals surface area contributed by atoms with E-state index in [1.165, 1.54) is 5.56 Å². The van der Waals surface area contributed by atoms with Gasteiger partial charge in [0, 0.05) is 17.2 Å². The van der Waals surface area contributed by atoms with E-state index in [0.717, 1.165) is 72.6 Å². The maximum absolute atomic E-state index is 12.5. The highest BCUT2D eigenvalue weighted by Gasteiger charge is 2.46. The molecule has 2 aliphatic heterocycles. The van der Waals surface area contributed by atoms with Gasteiger partial charge in [0.05, 0.1) is 36.0 Å². The summed E-state index contributed by atoms with van der Waals surface area (Å²) < 4.78 is 12.5. The van der Waals surface area contributed by atoms with Crippen LogP contribution < -0.4 is 15.2 Å². The van der Waals surface area contributed by atoms with E-state index < -0.39 is 10.8 Å². The van der Waals surface area contributed by atoms with Crippen LogP contribution in [0.1, 0.15) is 42.9 Å². The van der Waals surface area contributed by atoms with E-state index in [4.69, 9.17) is 16.6 Å². The Morgan fingerprint density at radius 3 is 2.66 bits per heavy atom. The molecule has 3 N–H and O–H groups in total. The second kappa shape index (κ2) is 7.52. The summed E-state index contributed by atoms with van der Waals surface area (Å²) in [6, 6.07) is 8.19. The van der Waals surface area contributed by atoms with Gasteiger partial charge >= 0.3 is 5.95 Å². The van der Waals surface area contributed by atoms with Crippen LogP contribution in [0.3, 0.4) is 0 Å². The first-order valence-corrected chi connectivity index (χ1v) is 12.0. The Labute approximate surface area is 178 Å². The van der Waals surface area contributed by atoms with Crippen molar-refractivity contribution >= 4 is 34.2 Å². The fourth-order valence-electron chi connectivity index (χ4n) is 4.36. The molecule has 3 heterocycles. The third kappa shape index (κ3) is 3.76. The van der Waals surface area contributed by atoms with Gasteiger partial charge in [0.15, 0.2) is 0 Å². The van der Waals surface area contributed by atoms with E-state index in [9.17, 15) is 9.32 Å². The number of halogens is 1. The molecule has 1 aromatic heterocycles. The topological polar surface area (TPSA) is 79.6 Å². The van der Waals surface area contributed by atoms with Crippen LogP contribution in [-0.2, 0) is 17.2 Å². The SMILES string of the molecule is O=S1CCc2nc(N3CCC(c4ccc(Cl)cc4)CC3)[nH+]c(NC3(CO)CC3)c21. The molecule has 0 amide bonds. The van der Waals surface area contributed by atoms with Crippen molar-refractivity contribution in [2.45, 2.75) is 48.5 Å². The van der Waals surface area contributed by atoms with Gasteiger partial charge in [0.25, 0.3) is 0 Å². The van der Waals surface area contributed by atoms with Crippen molar-refractivity contribution in [2.75, 3.05) is 35.7 Å². The molecule has 2 fully saturated rings.